The second-order valence-corrected chi connectivity index (χ2v) is 8.85. The molecule has 0 radical (unpaired) electrons. The van der Waals surface area contributed by atoms with Gasteiger partial charge >= 0.3 is 6.18 Å². The monoisotopic (exact) mass is 528 g/mol. The van der Waals surface area contributed by atoms with Gasteiger partial charge in [-0.25, -0.2) is 9.97 Å². The number of alkyl halides is 3. The molecule has 0 saturated carbocycles. The second kappa shape index (κ2) is 8.86. The molecule has 0 bridgehead atoms. The summed E-state index contributed by atoms with van der Waals surface area (Å²) in [6, 6.07) is 6.96. The molecule has 0 spiro atoms. The number of aliphatic hydroxyl groups is 1. The van der Waals surface area contributed by atoms with Crippen LogP contribution in [-0.2, 0) is 25.9 Å². The van der Waals surface area contributed by atoms with Gasteiger partial charge in [0.05, 0.1) is 47.6 Å². The fourth-order valence-corrected chi connectivity index (χ4v) is 4.66. The first-order valence-corrected chi connectivity index (χ1v) is 11.3. The standard InChI is InChI=1S/C25H20ClF3N6O2/c1-34-13-30-11-20(34)24(36,16-5-7-19(31-10-16)25(27,28)29)15-4-6-18-17(8-15)22(26)21(23(33-18)37-3)14-9-32-35(2)12-14/h4-13,36H,1-3H3. The van der Waals surface area contributed by atoms with Gasteiger partial charge in [0.2, 0.25) is 5.88 Å². The Morgan fingerprint density at radius 3 is 2.35 bits per heavy atom. The zero-order valence-electron chi connectivity index (χ0n) is 19.8. The van der Waals surface area contributed by atoms with Crippen LogP contribution in [0.5, 0.6) is 5.88 Å². The van der Waals surface area contributed by atoms with E-state index >= 15 is 0 Å². The van der Waals surface area contributed by atoms with Crippen LogP contribution in [0.25, 0.3) is 22.0 Å². The molecule has 1 unspecified atom stereocenters. The summed E-state index contributed by atoms with van der Waals surface area (Å²) in [5.74, 6) is 0.298. The Hall–Kier alpha value is -3.96. The summed E-state index contributed by atoms with van der Waals surface area (Å²) < 4.78 is 48.2. The smallest absolute Gasteiger partial charge is 0.433 e. The molecule has 0 saturated heterocycles. The molecule has 4 aromatic heterocycles. The zero-order valence-corrected chi connectivity index (χ0v) is 20.6. The first kappa shape index (κ1) is 24.7. The first-order chi connectivity index (χ1) is 17.5. The summed E-state index contributed by atoms with van der Waals surface area (Å²) in [5, 5.41) is 17.2. The molecule has 12 heteroatoms. The van der Waals surface area contributed by atoms with Crippen LogP contribution < -0.4 is 4.74 Å². The third kappa shape index (κ3) is 4.09. The summed E-state index contributed by atoms with van der Waals surface area (Å²) >= 11 is 6.87. The highest BCUT2D eigenvalue weighted by molar-refractivity contribution is 6.38. The Morgan fingerprint density at radius 2 is 1.78 bits per heavy atom. The number of ether oxygens (including phenoxy) is 1. The number of hydrogen-bond acceptors (Lipinski definition) is 6. The summed E-state index contributed by atoms with van der Waals surface area (Å²) in [5.41, 5.74) is -0.518. The van der Waals surface area contributed by atoms with Crippen molar-refractivity contribution in [2.45, 2.75) is 11.8 Å². The van der Waals surface area contributed by atoms with Gasteiger partial charge in [-0.05, 0) is 23.8 Å². The maximum Gasteiger partial charge on any atom is 0.433 e. The number of methoxy groups -OCH3 is 1. The van der Waals surface area contributed by atoms with Crippen LogP contribution in [0, 0.1) is 0 Å². The number of nitrogens with zero attached hydrogens (tertiary/aromatic N) is 6. The van der Waals surface area contributed by atoms with Gasteiger partial charge in [-0.2, -0.15) is 18.3 Å². The fourth-order valence-electron chi connectivity index (χ4n) is 4.32. The summed E-state index contributed by atoms with van der Waals surface area (Å²) in [6.07, 6.45) is 2.71. The predicted molar refractivity (Wildman–Crippen MR) is 130 cm³/mol. The number of fused-ring (bicyclic) bond motifs is 1. The van der Waals surface area contributed by atoms with Crippen LogP contribution in [0.2, 0.25) is 5.02 Å². The number of halogens is 4. The van der Waals surface area contributed by atoms with E-state index in [4.69, 9.17) is 16.3 Å². The molecule has 190 valence electrons. The average Bonchev–Trinajstić information content (AvgIpc) is 3.50. The van der Waals surface area contributed by atoms with E-state index in [1.165, 1.54) is 25.7 Å². The van der Waals surface area contributed by atoms with Gasteiger partial charge in [-0.15, -0.1) is 0 Å². The molecule has 1 atom stereocenters. The molecule has 4 heterocycles. The number of benzene rings is 1. The topological polar surface area (TPSA) is 90.9 Å². The normalized spacial score (nSPS) is 13.6. The molecule has 8 nitrogen and oxygen atoms in total. The summed E-state index contributed by atoms with van der Waals surface area (Å²) in [7, 11) is 4.92. The minimum atomic E-state index is -4.62. The van der Waals surface area contributed by atoms with Crippen molar-refractivity contribution in [1.29, 1.82) is 0 Å². The highest BCUT2D eigenvalue weighted by atomic mass is 35.5. The quantitative estimate of drug-likeness (QED) is 0.355. The molecule has 0 fully saturated rings. The van der Waals surface area contributed by atoms with Gasteiger partial charge in [0, 0.05) is 43.0 Å². The van der Waals surface area contributed by atoms with Gasteiger partial charge in [-0.1, -0.05) is 23.7 Å². The second-order valence-electron chi connectivity index (χ2n) is 8.47. The van der Waals surface area contributed by atoms with E-state index < -0.39 is 17.5 Å². The van der Waals surface area contributed by atoms with E-state index in [1.54, 1.807) is 53.9 Å². The average molecular weight is 529 g/mol. The lowest BCUT2D eigenvalue weighted by atomic mass is 9.83. The Morgan fingerprint density at radius 1 is 1.03 bits per heavy atom. The van der Waals surface area contributed by atoms with Crippen LogP contribution in [0.15, 0.2) is 61.4 Å². The molecule has 5 rings (SSSR count). The predicted octanol–water partition coefficient (Wildman–Crippen LogP) is 4.73. The van der Waals surface area contributed by atoms with Crippen molar-refractivity contribution >= 4 is 22.5 Å². The molecular weight excluding hydrogens is 509 g/mol. The molecule has 1 aromatic carbocycles. The van der Waals surface area contributed by atoms with E-state index in [2.05, 4.69) is 20.1 Å². The van der Waals surface area contributed by atoms with Gasteiger partial charge in [-0.3, -0.25) is 9.67 Å². The van der Waals surface area contributed by atoms with Crippen LogP contribution in [-0.4, -0.2) is 41.5 Å². The van der Waals surface area contributed by atoms with E-state index in [0.29, 0.717) is 44.2 Å². The van der Waals surface area contributed by atoms with E-state index in [9.17, 15) is 18.3 Å². The number of rotatable bonds is 5. The largest absolute Gasteiger partial charge is 0.480 e. The van der Waals surface area contributed by atoms with Crippen molar-refractivity contribution in [2.24, 2.45) is 14.1 Å². The van der Waals surface area contributed by atoms with Crippen LogP contribution in [0.4, 0.5) is 13.2 Å². The number of aryl methyl sites for hydroxylation is 2. The maximum absolute atomic E-state index is 13.2. The van der Waals surface area contributed by atoms with Crippen molar-refractivity contribution < 1.29 is 23.0 Å². The third-order valence-corrected chi connectivity index (χ3v) is 6.54. The van der Waals surface area contributed by atoms with Crippen molar-refractivity contribution in [2.75, 3.05) is 7.11 Å². The minimum Gasteiger partial charge on any atom is -0.480 e. The van der Waals surface area contributed by atoms with Crippen LogP contribution >= 0.6 is 11.6 Å². The van der Waals surface area contributed by atoms with Crippen molar-refractivity contribution in [3.63, 3.8) is 0 Å². The lowest BCUT2D eigenvalue weighted by Gasteiger charge is -2.30. The fraction of sp³-hybridized carbons (Fsp3) is 0.200. The third-order valence-electron chi connectivity index (χ3n) is 6.15. The Labute approximate surface area is 214 Å². The van der Waals surface area contributed by atoms with Gasteiger partial charge in [0.1, 0.15) is 5.69 Å². The number of pyridine rings is 2. The van der Waals surface area contributed by atoms with E-state index in [0.717, 1.165) is 12.3 Å². The van der Waals surface area contributed by atoms with Crippen LogP contribution in [0.3, 0.4) is 0 Å². The summed E-state index contributed by atoms with van der Waals surface area (Å²) in [6.45, 7) is 0. The van der Waals surface area contributed by atoms with Gasteiger partial charge in [0.15, 0.2) is 5.60 Å². The highest BCUT2D eigenvalue weighted by Crippen LogP contribution is 2.43. The molecule has 5 aromatic rings. The Balaban J connectivity index is 1.75. The van der Waals surface area contributed by atoms with Gasteiger partial charge < -0.3 is 14.4 Å². The number of imidazole rings is 1. The Bertz CT molecular complexity index is 1610. The molecule has 37 heavy (non-hydrogen) atoms. The van der Waals surface area contributed by atoms with Crippen LogP contribution in [0.1, 0.15) is 22.5 Å². The zero-order chi connectivity index (χ0) is 26.5. The SMILES string of the molecule is COc1nc2ccc(C(O)(c3ccc(C(F)(F)F)nc3)c3cncn3C)cc2c(Cl)c1-c1cnn(C)c1. The number of hydrogen-bond donors (Lipinski definition) is 1. The first-order valence-electron chi connectivity index (χ1n) is 10.9. The molecule has 0 amide bonds. The molecular formula is C25H20ClF3N6O2. The molecule has 0 aliphatic rings. The Kier molecular flexibility index (Phi) is 5.92. The number of aromatic nitrogens is 6. The maximum atomic E-state index is 13.2. The lowest BCUT2D eigenvalue weighted by Crippen LogP contribution is -2.31. The van der Waals surface area contributed by atoms with Crippen molar-refractivity contribution in [3.05, 3.63) is 89.0 Å². The summed E-state index contributed by atoms with van der Waals surface area (Å²) in [4.78, 5) is 12.2. The van der Waals surface area contributed by atoms with E-state index in [-0.39, 0.29) is 5.56 Å². The lowest BCUT2D eigenvalue weighted by molar-refractivity contribution is -0.141. The van der Waals surface area contributed by atoms with Crippen molar-refractivity contribution in [3.8, 4) is 17.0 Å². The molecule has 1 N–H and O–H groups in total. The highest BCUT2D eigenvalue weighted by Gasteiger charge is 2.39. The molecule has 0 aliphatic heterocycles. The molecule has 0 aliphatic carbocycles. The van der Waals surface area contributed by atoms with Gasteiger partial charge in [0.25, 0.3) is 0 Å². The minimum absolute atomic E-state index is 0.119. The van der Waals surface area contributed by atoms with Crippen molar-refractivity contribution in [1.82, 2.24) is 29.3 Å². The van der Waals surface area contributed by atoms with E-state index in [1.807, 2.05) is 0 Å².